The average molecular weight is 200 g/mol. The second kappa shape index (κ2) is 4.17. The van der Waals surface area contributed by atoms with Crippen molar-refractivity contribution in [3.05, 3.63) is 29.3 Å². The minimum atomic E-state index is -0.795. The molecule has 0 fully saturated rings. The van der Waals surface area contributed by atoms with Crippen LogP contribution in [0.4, 0.5) is 8.78 Å². The number of carbonyl (C=O) groups is 1. The Morgan fingerprint density at radius 3 is 2.57 bits per heavy atom. The molecule has 0 heterocycles. The van der Waals surface area contributed by atoms with E-state index in [0.29, 0.717) is 6.29 Å². The van der Waals surface area contributed by atoms with Crippen LogP contribution in [-0.4, -0.2) is 13.4 Å². The van der Waals surface area contributed by atoms with Gasteiger partial charge in [0.15, 0.2) is 11.6 Å². The van der Waals surface area contributed by atoms with Crippen molar-refractivity contribution in [3.8, 4) is 5.75 Å². The number of carbonyl (C=O) groups excluding carboxylic acids is 1. The third kappa shape index (κ3) is 1.89. The molecule has 76 valence electrons. The van der Waals surface area contributed by atoms with Gasteiger partial charge in [-0.1, -0.05) is 6.92 Å². The number of rotatable bonds is 3. The first-order chi connectivity index (χ1) is 6.60. The van der Waals surface area contributed by atoms with E-state index in [-0.39, 0.29) is 11.3 Å². The highest BCUT2D eigenvalue weighted by molar-refractivity contribution is 5.63. The molecule has 1 aromatic rings. The number of halogens is 2. The van der Waals surface area contributed by atoms with Crippen LogP contribution in [-0.2, 0) is 4.79 Å². The van der Waals surface area contributed by atoms with Gasteiger partial charge in [0.25, 0.3) is 0 Å². The molecule has 0 aliphatic carbocycles. The van der Waals surface area contributed by atoms with Gasteiger partial charge in [-0.05, 0) is 6.07 Å². The van der Waals surface area contributed by atoms with Crippen molar-refractivity contribution in [3.63, 3.8) is 0 Å². The summed E-state index contributed by atoms with van der Waals surface area (Å²) in [6.45, 7) is 1.55. The standard InChI is InChI=1S/C10H10F2O2/c1-6(5-13)8-3-7(11)4-9(12)10(8)14-2/h3-6H,1-2H3. The quantitative estimate of drug-likeness (QED) is 0.699. The molecule has 0 bridgehead atoms. The van der Waals surface area contributed by atoms with Gasteiger partial charge < -0.3 is 9.53 Å². The Balaban J connectivity index is 3.31. The fourth-order valence-electron chi connectivity index (χ4n) is 1.21. The Hall–Kier alpha value is -1.45. The zero-order chi connectivity index (χ0) is 10.7. The molecule has 14 heavy (non-hydrogen) atoms. The minimum absolute atomic E-state index is 0.0778. The molecular formula is C10H10F2O2. The van der Waals surface area contributed by atoms with Crippen LogP contribution in [0.5, 0.6) is 5.75 Å². The highest BCUT2D eigenvalue weighted by Gasteiger charge is 2.16. The molecule has 4 heteroatoms. The summed E-state index contributed by atoms with van der Waals surface area (Å²) in [6.07, 6.45) is 0.608. The number of hydrogen-bond donors (Lipinski definition) is 0. The second-order valence-corrected chi connectivity index (χ2v) is 2.93. The summed E-state index contributed by atoms with van der Waals surface area (Å²) in [6, 6.07) is 1.82. The van der Waals surface area contributed by atoms with Crippen molar-refractivity contribution in [2.75, 3.05) is 7.11 Å². The molecule has 1 aromatic carbocycles. The molecule has 1 rings (SSSR count). The Labute approximate surface area is 80.5 Å². The topological polar surface area (TPSA) is 26.3 Å². The number of benzene rings is 1. The lowest BCUT2D eigenvalue weighted by molar-refractivity contribution is -0.108. The van der Waals surface area contributed by atoms with E-state index in [4.69, 9.17) is 4.74 Å². The zero-order valence-electron chi connectivity index (χ0n) is 7.88. The number of hydrogen-bond acceptors (Lipinski definition) is 2. The minimum Gasteiger partial charge on any atom is -0.493 e. The van der Waals surface area contributed by atoms with E-state index in [2.05, 4.69) is 0 Å². The summed E-state index contributed by atoms with van der Waals surface area (Å²) in [4.78, 5) is 10.5. The van der Waals surface area contributed by atoms with Crippen LogP contribution >= 0.6 is 0 Å². The van der Waals surface area contributed by atoms with Gasteiger partial charge in [-0.15, -0.1) is 0 Å². The molecule has 1 atom stereocenters. The number of methoxy groups -OCH3 is 1. The Kier molecular flexibility index (Phi) is 3.17. The van der Waals surface area contributed by atoms with Gasteiger partial charge in [0.1, 0.15) is 12.1 Å². The van der Waals surface area contributed by atoms with Crippen molar-refractivity contribution in [1.82, 2.24) is 0 Å². The maximum Gasteiger partial charge on any atom is 0.168 e. The van der Waals surface area contributed by atoms with Crippen LogP contribution in [0.2, 0.25) is 0 Å². The molecule has 0 radical (unpaired) electrons. The maximum absolute atomic E-state index is 13.1. The first-order valence-electron chi connectivity index (χ1n) is 4.08. The molecule has 0 saturated heterocycles. The summed E-state index contributed by atoms with van der Waals surface area (Å²) in [5.41, 5.74) is 0.222. The van der Waals surface area contributed by atoms with Crippen molar-refractivity contribution in [2.45, 2.75) is 12.8 Å². The molecular weight excluding hydrogens is 190 g/mol. The lowest BCUT2D eigenvalue weighted by Crippen LogP contribution is -2.02. The van der Waals surface area contributed by atoms with Crippen molar-refractivity contribution in [2.24, 2.45) is 0 Å². The lowest BCUT2D eigenvalue weighted by atomic mass is 10.0. The van der Waals surface area contributed by atoms with E-state index in [1.165, 1.54) is 7.11 Å². The Morgan fingerprint density at radius 1 is 1.43 bits per heavy atom. The van der Waals surface area contributed by atoms with Gasteiger partial charge in [-0.2, -0.15) is 0 Å². The predicted octanol–water partition coefficient (Wildman–Crippen LogP) is 2.28. The highest BCUT2D eigenvalue weighted by atomic mass is 19.1. The molecule has 1 unspecified atom stereocenters. The van der Waals surface area contributed by atoms with Crippen LogP contribution in [0.3, 0.4) is 0 Å². The summed E-state index contributed by atoms with van der Waals surface area (Å²) in [7, 11) is 1.28. The summed E-state index contributed by atoms with van der Waals surface area (Å²) < 4.78 is 30.7. The monoisotopic (exact) mass is 200 g/mol. The van der Waals surface area contributed by atoms with Crippen LogP contribution in [0.15, 0.2) is 12.1 Å². The van der Waals surface area contributed by atoms with Crippen molar-refractivity contribution >= 4 is 6.29 Å². The summed E-state index contributed by atoms with van der Waals surface area (Å²) in [5.74, 6) is -2.18. The molecule has 0 aliphatic rings. The maximum atomic E-state index is 13.1. The fourth-order valence-corrected chi connectivity index (χ4v) is 1.21. The lowest BCUT2D eigenvalue weighted by Gasteiger charge is -2.11. The van der Waals surface area contributed by atoms with Crippen LogP contribution in [0.25, 0.3) is 0 Å². The highest BCUT2D eigenvalue weighted by Crippen LogP contribution is 2.29. The summed E-state index contributed by atoms with van der Waals surface area (Å²) in [5, 5.41) is 0. The smallest absolute Gasteiger partial charge is 0.168 e. The van der Waals surface area contributed by atoms with Gasteiger partial charge in [0.05, 0.1) is 7.11 Å². The van der Waals surface area contributed by atoms with Gasteiger partial charge in [-0.3, -0.25) is 0 Å². The van der Waals surface area contributed by atoms with Gasteiger partial charge >= 0.3 is 0 Å². The van der Waals surface area contributed by atoms with Crippen molar-refractivity contribution in [1.29, 1.82) is 0 Å². The van der Waals surface area contributed by atoms with E-state index in [1.807, 2.05) is 0 Å². The molecule has 0 saturated carbocycles. The average Bonchev–Trinajstić information content (AvgIpc) is 2.15. The van der Waals surface area contributed by atoms with E-state index < -0.39 is 17.6 Å². The molecule has 0 amide bonds. The second-order valence-electron chi connectivity index (χ2n) is 2.93. The third-order valence-corrected chi connectivity index (χ3v) is 1.94. The third-order valence-electron chi connectivity index (χ3n) is 1.94. The fraction of sp³-hybridized carbons (Fsp3) is 0.300. The van der Waals surface area contributed by atoms with E-state index in [1.54, 1.807) is 6.92 Å². The van der Waals surface area contributed by atoms with Crippen LogP contribution in [0, 0.1) is 11.6 Å². The normalized spacial score (nSPS) is 12.3. The zero-order valence-corrected chi connectivity index (χ0v) is 7.88. The number of aldehydes is 1. The molecule has 0 spiro atoms. The van der Waals surface area contributed by atoms with E-state index >= 15 is 0 Å². The Bertz CT molecular complexity index is 350. The van der Waals surface area contributed by atoms with Crippen molar-refractivity contribution < 1.29 is 18.3 Å². The summed E-state index contributed by atoms with van der Waals surface area (Å²) >= 11 is 0. The number of ether oxygens (including phenoxy) is 1. The Morgan fingerprint density at radius 2 is 2.07 bits per heavy atom. The van der Waals surface area contributed by atoms with Gasteiger partial charge in [0, 0.05) is 17.5 Å². The predicted molar refractivity (Wildman–Crippen MR) is 47.4 cm³/mol. The molecule has 0 aromatic heterocycles. The van der Waals surface area contributed by atoms with Crippen LogP contribution < -0.4 is 4.74 Å². The SMILES string of the molecule is COc1c(F)cc(F)cc1C(C)C=O. The van der Waals surface area contributed by atoms with Crippen LogP contribution in [0.1, 0.15) is 18.4 Å². The molecule has 0 aliphatic heterocycles. The first-order valence-corrected chi connectivity index (χ1v) is 4.08. The van der Waals surface area contributed by atoms with Gasteiger partial charge in [0.2, 0.25) is 0 Å². The molecule has 2 nitrogen and oxygen atoms in total. The molecule has 0 N–H and O–H groups in total. The van der Waals surface area contributed by atoms with Gasteiger partial charge in [-0.25, -0.2) is 8.78 Å². The first kappa shape index (κ1) is 10.6. The van der Waals surface area contributed by atoms with E-state index in [0.717, 1.165) is 12.1 Å². The van der Waals surface area contributed by atoms with E-state index in [9.17, 15) is 13.6 Å². The largest absolute Gasteiger partial charge is 0.493 e.